The van der Waals surface area contributed by atoms with Crippen molar-refractivity contribution in [1.82, 2.24) is 5.32 Å². The fraction of sp³-hybridized carbons (Fsp3) is 0.400. The van der Waals surface area contributed by atoms with E-state index >= 15 is 0 Å². The number of halogens is 1. The van der Waals surface area contributed by atoms with Crippen molar-refractivity contribution in [2.45, 2.75) is 43.7 Å². The number of phenols is 2. The van der Waals surface area contributed by atoms with Gasteiger partial charge in [-0.1, -0.05) is 36.2 Å². The Hall–Kier alpha value is -1.75. The fourth-order valence-electron chi connectivity index (χ4n) is 3.58. The van der Waals surface area contributed by atoms with Gasteiger partial charge in [0.1, 0.15) is 0 Å². The number of hydrogen-bond donors (Lipinski definition) is 4. The molecule has 2 aromatic carbocycles. The van der Waals surface area contributed by atoms with E-state index < -0.39 is 6.10 Å². The summed E-state index contributed by atoms with van der Waals surface area (Å²) in [5.41, 5.74) is 1.87. The van der Waals surface area contributed by atoms with Crippen molar-refractivity contribution >= 4 is 11.6 Å². The predicted molar refractivity (Wildman–Crippen MR) is 99.2 cm³/mol. The van der Waals surface area contributed by atoms with Crippen LogP contribution < -0.4 is 5.32 Å². The highest BCUT2D eigenvalue weighted by Crippen LogP contribution is 2.36. The van der Waals surface area contributed by atoms with Crippen molar-refractivity contribution in [3.8, 4) is 11.5 Å². The molecule has 5 heteroatoms. The van der Waals surface area contributed by atoms with Crippen molar-refractivity contribution in [3.63, 3.8) is 0 Å². The van der Waals surface area contributed by atoms with E-state index in [0.717, 1.165) is 36.8 Å². The van der Waals surface area contributed by atoms with Crippen LogP contribution in [0, 0.1) is 0 Å². The number of benzene rings is 2. The molecule has 2 unspecified atom stereocenters. The summed E-state index contributed by atoms with van der Waals surface area (Å²) in [6, 6.07) is 12.7. The average Bonchev–Trinajstić information content (AvgIpc) is 2.62. The number of rotatable bonds is 5. The van der Waals surface area contributed by atoms with Crippen LogP contribution in [0.5, 0.6) is 11.5 Å². The summed E-state index contributed by atoms with van der Waals surface area (Å²) >= 11 is 5.98. The Morgan fingerprint density at radius 1 is 1.08 bits per heavy atom. The van der Waals surface area contributed by atoms with Crippen molar-refractivity contribution < 1.29 is 15.3 Å². The molecule has 3 rings (SSSR count). The van der Waals surface area contributed by atoms with Crippen LogP contribution in [-0.4, -0.2) is 27.9 Å². The van der Waals surface area contributed by atoms with Gasteiger partial charge in [0, 0.05) is 17.6 Å². The largest absolute Gasteiger partial charge is 0.504 e. The maximum absolute atomic E-state index is 10.3. The molecule has 0 aromatic heterocycles. The number of aromatic hydroxyl groups is 2. The Morgan fingerprint density at radius 3 is 2.68 bits per heavy atom. The van der Waals surface area contributed by atoms with Crippen LogP contribution >= 0.6 is 11.6 Å². The van der Waals surface area contributed by atoms with E-state index in [-0.39, 0.29) is 11.5 Å². The van der Waals surface area contributed by atoms with Crippen molar-refractivity contribution in [3.05, 3.63) is 58.6 Å². The van der Waals surface area contributed by atoms with Crippen LogP contribution in [0.2, 0.25) is 5.02 Å². The third-order valence-corrected chi connectivity index (χ3v) is 5.21. The van der Waals surface area contributed by atoms with Crippen LogP contribution in [-0.2, 0) is 0 Å². The molecule has 4 N–H and O–H groups in total. The van der Waals surface area contributed by atoms with Gasteiger partial charge in [-0.3, -0.25) is 0 Å². The highest BCUT2D eigenvalue weighted by atomic mass is 35.5. The molecule has 1 saturated carbocycles. The van der Waals surface area contributed by atoms with E-state index in [1.54, 1.807) is 24.3 Å². The minimum absolute atomic E-state index is 0.0658. The Morgan fingerprint density at radius 2 is 1.92 bits per heavy atom. The van der Waals surface area contributed by atoms with Gasteiger partial charge in [-0.15, -0.1) is 0 Å². The number of aliphatic hydroxyl groups excluding tert-OH is 1. The molecule has 0 saturated heterocycles. The Bertz CT molecular complexity index is 722. The molecule has 0 bridgehead atoms. The summed E-state index contributed by atoms with van der Waals surface area (Å²) in [5, 5.41) is 33.6. The number of phenolic OH excluding ortho intramolecular Hbond substituents is 2. The lowest BCUT2D eigenvalue weighted by atomic mass is 9.81. The molecule has 4 nitrogen and oxygen atoms in total. The molecule has 25 heavy (non-hydrogen) atoms. The minimum Gasteiger partial charge on any atom is -0.504 e. The smallest absolute Gasteiger partial charge is 0.157 e. The molecule has 1 aliphatic rings. The van der Waals surface area contributed by atoms with Crippen LogP contribution in [0.25, 0.3) is 0 Å². The summed E-state index contributed by atoms with van der Waals surface area (Å²) in [4.78, 5) is 0. The molecule has 1 fully saturated rings. The number of nitrogens with one attached hydrogen (secondary N) is 1. The summed E-state index contributed by atoms with van der Waals surface area (Å²) in [5.74, 6) is 0.198. The van der Waals surface area contributed by atoms with Gasteiger partial charge >= 0.3 is 0 Å². The van der Waals surface area contributed by atoms with Gasteiger partial charge < -0.3 is 20.6 Å². The molecule has 2 aromatic rings. The van der Waals surface area contributed by atoms with Crippen LogP contribution in [0.3, 0.4) is 0 Å². The normalized spacial score (nSPS) is 21.8. The van der Waals surface area contributed by atoms with Gasteiger partial charge in [0.25, 0.3) is 0 Å². The SMILES string of the molecule is Oc1ccc(C2CCCC(NC[C@H](O)c3cccc(Cl)c3)C2)cc1O. The Balaban J connectivity index is 1.57. The lowest BCUT2D eigenvalue weighted by Gasteiger charge is -2.31. The average molecular weight is 362 g/mol. The first-order chi connectivity index (χ1) is 12.0. The van der Waals surface area contributed by atoms with E-state index in [1.807, 2.05) is 18.2 Å². The third kappa shape index (κ3) is 4.66. The fourth-order valence-corrected chi connectivity index (χ4v) is 3.78. The second-order valence-corrected chi connectivity index (χ2v) is 7.22. The molecule has 1 aliphatic carbocycles. The minimum atomic E-state index is -0.586. The van der Waals surface area contributed by atoms with Crippen LogP contribution in [0.4, 0.5) is 0 Å². The van der Waals surface area contributed by atoms with E-state index in [1.165, 1.54) is 0 Å². The van der Waals surface area contributed by atoms with Gasteiger partial charge in [-0.05, 0) is 60.6 Å². The summed E-state index contributed by atoms with van der Waals surface area (Å²) in [7, 11) is 0. The molecule has 3 atom stereocenters. The highest BCUT2D eigenvalue weighted by molar-refractivity contribution is 6.30. The molecule has 0 spiro atoms. The Kier molecular flexibility index (Phi) is 5.84. The van der Waals surface area contributed by atoms with E-state index in [2.05, 4.69) is 5.32 Å². The van der Waals surface area contributed by atoms with Gasteiger partial charge in [0.15, 0.2) is 11.5 Å². The third-order valence-electron chi connectivity index (χ3n) is 4.98. The molecular weight excluding hydrogens is 338 g/mol. The molecule has 0 radical (unpaired) electrons. The number of aliphatic hydroxyl groups is 1. The zero-order valence-electron chi connectivity index (χ0n) is 14.0. The molecule has 134 valence electrons. The van der Waals surface area contributed by atoms with Gasteiger partial charge in [-0.25, -0.2) is 0 Å². The molecule has 0 aliphatic heterocycles. The van der Waals surface area contributed by atoms with E-state index in [0.29, 0.717) is 23.5 Å². The summed E-state index contributed by atoms with van der Waals surface area (Å²) in [6.45, 7) is 0.485. The van der Waals surface area contributed by atoms with Gasteiger partial charge in [-0.2, -0.15) is 0 Å². The van der Waals surface area contributed by atoms with Crippen LogP contribution in [0.1, 0.15) is 48.8 Å². The maximum atomic E-state index is 10.3. The lowest BCUT2D eigenvalue weighted by Crippen LogP contribution is -2.36. The van der Waals surface area contributed by atoms with Gasteiger partial charge in [0.05, 0.1) is 6.10 Å². The monoisotopic (exact) mass is 361 g/mol. The first-order valence-electron chi connectivity index (χ1n) is 8.71. The quantitative estimate of drug-likeness (QED) is 0.605. The standard InChI is InChI=1S/C20H24ClNO3/c21-16-5-1-4-15(9-16)20(25)12-22-17-6-2-3-13(10-17)14-7-8-18(23)19(24)11-14/h1,4-5,7-9,11,13,17,20,22-25H,2-3,6,10,12H2/t13?,17?,20-/m0/s1. The zero-order valence-corrected chi connectivity index (χ0v) is 14.8. The first kappa shape index (κ1) is 18.1. The van der Waals surface area contributed by atoms with E-state index in [4.69, 9.17) is 11.6 Å². The van der Waals surface area contributed by atoms with E-state index in [9.17, 15) is 15.3 Å². The number of hydrogen-bond acceptors (Lipinski definition) is 4. The highest BCUT2D eigenvalue weighted by Gasteiger charge is 2.24. The predicted octanol–water partition coefficient (Wildman–Crippen LogP) is 4.10. The van der Waals surface area contributed by atoms with Crippen LogP contribution in [0.15, 0.2) is 42.5 Å². The molecular formula is C20H24ClNO3. The van der Waals surface area contributed by atoms with Crippen molar-refractivity contribution in [2.75, 3.05) is 6.54 Å². The van der Waals surface area contributed by atoms with Crippen molar-refractivity contribution in [2.24, 2.45) is 0 Å². The first-order valence-corrected chi connectivity index (χ1v) is 9.09. The molecule has 0 heterocycles. The lowest BCUT2D eigenvalue weighted by molar-refractivity contribution is 0.164. The summed E-state index contributed by atoms with van der Waals surface area (Å²) in [6.07, 6.45) is 3.60. The zero-order chi connectivity index (χ0) is 17.8. The second-order valence-electron chi connectivity index (χ2n) is 6.79. The topological polar surface area (TPSA) is 72.7 Å². The summed E-state index contributed by atoms with van der Waals surface area (Å²) < 4.78 is 0. The maximum Gasteiger partial charge on any atom is 0.157 e. The van der Waals surface area contributed by atoms with Gasteiger partial charge in [0.2, 0.25) is 0 Å². The van der Waals surface area contributed by atoms with Crippen molar-refractivity contribution in [1.29, 1.82) is 0 Å². The second kappa shape index (κ2) is 8.09. The Labute approximate surface area is 153 Å². The molecule has 0 amide bonds.